The molecular formula is C19H28N4O2S. The fourth-order valence-electron chi connectivity index (χ4n) is 4.88. The van der Waals surface area contributed by atoms with Crippen LogP contribution in [0.2, 0.25) is 0 Å². The first-order valence-corrected chi connectivity index (χ1v) is 11.1. The lowest BCUT2D eigenvalue weighted by Gasteiger charge is -2.47. The number of aromatic nitrogens is 1. The number of benzene rings is 1. The number of H-pyrrole nitrogens is 1. The van der Waals surface area contributed by atoms with Crippen molar-refractivity contribution in [1.82, 2.24) is 19.3 Å². The predicted octanol–water partition coefficient (Wildman–Crippen LogP) is 2.10. The lowest BCUT2D eigenvalue weighted by atomic mass is 9.74. The van der Waals surface area contributed by atoms with Gasteiger partial charge in [0.2, 0.25) is 0 Å². The second-order valence-corrected chi connectivity index (χ2v) is 9.04. The molecule has 6 nitrogen and oxygen atoms in total. The first kappa shape index (κ1) is 18.0. The molecule has 4 rings (SSSR count). The Kier molecular flexibility index (Phi) is 4.81. The third kappa shape index (κ3) is 3.17. The molecule has 0 radical (unpaired) electrons. The minimum atomic E-state index is -3.44. The normalized spacial score (nSPS) is 26.2. The monoisotopic (exact) mass is 376 g/mol. The second-order valence-electron chi connectivity index (χ2n) is 7.51. The van der Waals surface area contributed by atoms with E-state index in [4.69, 9.17) is 0 Å². The topological polar surface area (TPSA) is 77.2 Å². The van der Waals surface area contributed by atoms with Gasteiger partial charge < -0.3 is 4.98 Å². The van der Waals surface area contributed by atoms with Crippen LogP contribution in [0.4, 0.5) is 0 Å². The van der Waals surface area contributed by atoms with Gasteiger partial charge in [-0.05, 0) is 43.0 Å². The van der Waals surface area contributed by atoms with Crippen molar-refractivity contribution in [1.29, 1.82) is 0 Å². The standard InChI is InChI=1S/C19H28N4O2S/c1-3-8-23-12-14(22-26(24,25)21-4-2)10-16-15-6-5-7-17-19(15)13(11-20-17)9-18(16)23/h5-7,11,14,16,18,20-22H,3-4,8-10,12H2,1-2H3/t14-,16+,18+/m0/s1. The average Bonchev–Trinajstić information content (AvgIpc) is 3.00. The van der Waals surface area contributed by atoms with E-state index >= 15 is 0 Å². The van der Waals surface area contributed by atoms with Gasteiger partial charge in [-0.2, -0.15) is 13.1 Å². The van der Waals surface area contributed by atoms with Crippen molar-refractivity contribution < 1.29 is 8.42 Å². The number of likely N-dealkylation sites (tertiary alicyclic amines) is 1. The molecule has 0 saturated carbocycles. The van der Waals surface area contributed by atoms with Crippen LogP contribution in [0, 0.1) is 0 Å². The van der Waals surface area contributed by atoms with E-state index in [1.807, 2.05) is 0 Å². The fraction of sp³-hybridized carbons (Fsp3) is 0.579. The van der Waals surface area contributed by atoms with Gasteiger partial charge in [0.05, 0.1) is 0 Å². The maximum atomic E-state index is 12.2. The molecule has 26 heavy (non-hydrogen) atoms. The molecule has 3 N–H and O–H groups in total. The number of hydrogen-bond acceptors (Lipinski definition) is 3. The van der Waals surface area contributed by atoms with Crippen molar-refractivity contribution in [3.8, 4) is 0 Å². The Morgan fingerprint density at radius 2 is 2.15 bits per heavy atom. The van der Waals surface area contributed by atoms with Crippen LogP contribution in [0.3, 0.4) is 0 Å². The third-order valence-electron chi connectivity index (χ3n) is 5.74. The van der Waals surface area contributed by atoms with Crippen LogP contribution >= 0.6 is 0 Å². The lowest BCUT2D eigenvalue weighted by Crippen LogP contribution is -2.57. The molecule has 1 saturated heterocycles. The number of piperidine rings is 1. The van der Waals surface area contributed by atoms with Crippen molar-refractivity contribution in [3.05, 3.63) is 35.5 Å². The highest BCUT2D eigenvalue weighted by Crippen LogP contribution is 2.43. The minimum Gasteiger partial charge on any atom is -0.361 e. The molecule has 1 aromatic heterocycles. The van der Waals surface area contributed by atoms with E-state index in [9.17, 15) is 8.42 Å². The van der Waals surface area contributed by atoms with E-state index in [-0.39, 0.29) is 6.04 Å². The van der Waals surface area contributed by atoms with Crippen LogP contribution in [-0.4, -0.2) is 50.0 Å². The highest BCUT2D eigenvalue weighted by molar-refractivity contribution is 7.87. The molecule has 1 aromatic carbocycles. The van der Waals surface area contributed by atoms with Crippen LogP contribution in [0.15, 0.2) is 24.4 Å². The summed E-state index contributed by atoms with van der Waals surface area (Å²) in [6, 6.07) is 6.84. The molecule has 0 amide bonds. The molecule has 2 aliphatic rings. The van der Waals surface area contributed by atoms with E-state index in [0.29, 0.717) is 18.5 Å². The summed E-state index contributed by atoms with van der Waals surface area (Å²) >= 11 is 0. The second kappa shape index (κ2) is 6.96. The largest absolute Gasteiger partial charge is 0.361 e. The molecule has 0 unspecified atom stereocenters. The number of nitrogens with one attached hydrogen (secondary N) is 3. The lowest BCUT2D eigenvalue weighted by molar-refractivity contribution is 0.106. The third-order valence-corrected chi connectivity index (χ3v) is 7.05. The molecule has 7 heteroatoms. The first-order chi connectivity index (χ1) is 12.5. The number of fused-ring (bicyclic) bond motifs is 2. The Labute approximate surface area is 155 Å². The smallest absolute Gasteiger partial charge is 0.277 e. The van der Waals surface area contributed by atoms with Crippen LogP contribution in [0.5, 0.6) is 0 Å². The van der Waals surface area contributed by atoms with E-state index in [2.05, 4.69) is 50.6 Å². The summed E-state index contributed by atoms with van der Waals surface area (Å²) in [5, 5.41) is 1.35. The van der Waals surface area contributed by atoms with E-state index < -0.39 is 10.2 Å². The van der Waals surface area contributed by atoms with E-state index in [1.165, 1.54) is 22.0 Å². The maximum Gasteiger partial charge on any atom is 0.277 e. The zero-order valence-corrected chi connectivity index (χ0v) is 16.3. The molecule has 0 spiro atoms. The minimum absolute atomic E-state index is 0.0670. The van der Waals surface area contributed by atoms with Crippen LogP contribution < -0.4 is 9.44 Å². The fourth-order valence-corrected chi connectivity index (χ4v) is 5.95. The predicted molar refractivity (Wildman–Crippen MR) is 105 cm³/mol. The Morgan fingerprint density at radius 1 is 1.31 bits per heavy atom. The van der Waals surface area contributed by atoms with Crippen molar-refractivity contribution in [2.45, 2.75) is 51.1 Å². The molecule has 2 heterocycles. The first-order valence-electron chi connectivity index (χ1n) is 9.62. The van der Waals surface area contributed by atoms with Crippen LogP contribution in [0.1, 0.15) is 43.7 Å². The van der Waals surface area contributed by atoms with Crippen LogP contribution in [-0.2, 0) is 16.6 Å². The summed E-state index contributed by atoms with van der Waals surface area (Å²) in [6.45, 7) is 6.16. The molecule has 2 aromatic rings. The van der Waals surface area contributed by atoms with E-state index in [0.717, 1.165) is 32.4 Å². The summed E-state index contributed by atoms with van der Waals surface area (Å²) in [7, 11) is -3.44. The van der Waals surface area contributed by atoms with Gasteiger partial charge >= 0.3 is 0 Å². The van der Waals surface area contributed by atoms with Crippen LogP contribution in [0.25, 0.3) is 10.9 Å². The molecule has 1 fully saturated rings. The van der Waals surface area contributed by atoms with Gasteiger partial charge in [0.15, 0.2) is 0 Å². The number of rotatable bonds is 6. The van der Waals surface area contributed by atoms with Gasteiger partial charge in [-0.25, -0.2) is 4.72 Å². The number of nitrogens with zero attached hydrogens (tertiary/aromatic N) is 1. The summed E-state index contributed by atoms with van der Waals surface area (Å²) < 4.78 is 29.9. The summed E-state index contributed by atoms with van der Waals surface area (Å²) in [4.78, 5) is 5.89. The van der Waals surface area contributed by atoms with Gasteiger partial charge in [0.1, 0.15) is 0 Å². The quantitative estimate of drug-likeness (QED) is 0.723. The Bertz CT molecular complexity index is 892. The molecule has 3 atom stereocenters. The maximum absolute atomic E-state index is 12.2. The summed E-state index contributed by atoms with van der Waals surface area (Å²) in [5.74, 6) is 0.358. The van der Waals surface area contributed by atoms with Crippen molar-refractivity contribution in [3.63, 3.8) is 0 Å². The molecule has 142 valence electrons. The molecule has 0 bridgehead atoms. The zero-order valence-electron chi connectivity index (χ0n) is 15.5. The zero-order chi connectivity index (χ0) is 18.3. The van der Waals surface area contributed by atoms with Gasteiger partial charge in [0, 0.05) is 48.2 Å². The average molecular weight is 377 g/mol. The van der Waals surface area contributed by atoms with Gasteiger partial charge in [-0.15, -0.1) is 0 Å². The summed E-state index contributed by atoms with van der Waals surface area (Å²) in [5.41, 5.74) is 3.95. The highest BCUT2D eigenvalue weighted by atomic mass is 32.2. The number of hydrogen-bond donors (Lipinski definition) is 3. The summed E-state index contributed by atoms with van der Waals surface area (Å²) in [6.07, 6.45) is 5.10. The number of aromatic amines is 1. The van der Waals surface area contributed by atoms with Gasteiger partial charge in [0.25, 0.3) is 10.2 Å². The Morgan fingerprint density at radius 3 is 2.92 bits per heavy atom. The van der Waals surface area contributed by atoms with E-state index in [1.54, 1.807) is 6.92 Å². The molecule has 1 aliphatic carbocycles. The van der Waals surface area contributed by atoms with Crippen molar-refractivity contribution in [2.75, 3.05) is 19.6 Å². The molecule has 1 aliphatic heterocycles. The SMILES string of the molecule is CCCN1C[C@@H](NS(=O)(=O)NCC)C[C@@H]2c3cccc4[nH]cc(c34)C[C@H]21. The van der Waals surface area contributed by atoms with Crippen molar-refractivity contribution in [2.24, 2.45) is 0 Å². The van der Waals surface area contributed by atoms with Gasteiger partial charge in [-0.1, -0.05) is 26.0 Å². The van der Waals surface area contributed by atoms with Gasteiger partial charge in [-0.3, -0.25) is 4.90 Å². The van der Waals surface area contributed by atoms with Crippen molar-refractivity contribution >= 4 is 21.1 Å². The highest BCUT2D eigenvalue weighted by Gasteiger charge is 2.41. The molecular weight excluding hydrogens is 348 g/mol. The Hall–Kier alpha value is -1.41. The Balaban J connectivity index is 1.68.